The van der Waals surface area contributed by atoms with Crippen molar-refractivity contribution in [3.8, 4) is 5.75 Å². The molecule has 0 aliphatic heterocycles. The Kier molecular flexibility index (Phi) is 4.73. The van der Waals surface area contributed by atoms with Gasteiger partial charge < -0.3 is 9.53 Å². The second-order valence-corrected chi connectivity index (χ2v) is 4.56. The lowest BCUT2D eigenvalue weighted by Gasteiger charge is -2.15. The van der Waals surface area contributed by atoms with Gasteiger partial charge in [-0.25, -0.2) is 0 Å². The molecule has 0 N–H and O–H groups in total. The Hall–Kier alpha value is -2.09. The van der Waals surface area contributed by atoms with Crippen LogP contribution in [0.4, 0.5) is 0 Å². The fourth-order valence-electron chi connectivity index (χ4n) is 2.22. The molecule has 1 atom stereocenters. The molecule has 0 bridgehead atoms. The highest BCUT2D eigenvalue weighted by atomic mass is 16.5. The van der Waals surface area contributed by atoms with Crippen LogP contribution in [0.1, 0.15) is 23.5 Å². The van der Waals surface area contributed by atoms with Crippen LogP contribution in [0.25, 0.3) is 0 Å². The van der Waals surface area contributed by atoms with Crippen molar-refractivity contribution in [3.05, 3.63) is 65.7 Å². The normalized spacial score (nSPS) is 11.8. The van der Waals surface area contributed by atoms with E-state index >= 15 is 0 Å². The molecule has 0 aliphatic carbocycles. The summed E-state index contributed by atoms with van der Waals surface area (Å²) in [6, 6.07) is 18.2. The summed E-state index contributed by atoms with van der Waals surface area (Å²) in [6.45, 7) is 0. The van der Waals surface area contributed by atoms with Crippen molar-refractivity contribution in [2.24, 2.45) is 0 Å². The average molecular weight is 254 g/mol. The molecule has 0 radical (unpaired) electrons. The molecule has 0 fully saturated rings. The fraction of sp³-hybridized carbons (Fsp3) is 0.235. The Morgan fingerprint density at radius 1 is 1.05 bits per heavy atom. The van der Waals surface area contributed by atoms with Crippen molar-refractivity contribution in [1.82, 2.24) is 0 Å². The quantitative estimate of drug-likeness (QED) is 0.736. The standard InChI is InChI=1S/C17H18O2/c1-19-17-9-7-14(8-10-17)13-16(11-12-18)15-5-3-2-4-6-15/h2-10,12,16H,11,13H2,1H3/t16-/m1/s1. The van der Waals surface area contributed by atoms with Gasteiger partial charge in [0, 0.05) is 6.42 Å². The zero-order valence-electron chi connectivity index (χ0n) is 11.1. The SMILES string of the molecule is COc1ccc(C[C@@H](CC=O)c2ccccc2)cc1. The average Bonchev–Trinajstić information content (AvgIpc) is 2.48. The van der Waals surface area contributed by atoms with Crippen LogP contribution in [0.15, 0.2) is 54.6 Å². The summed E-state index contributed by atoms with van der Waals surface area (Å²) < 4.78 is 5.15. The zero-order valence-corrected chi connectivity index (χ0v) is 11.1. The molecule has 0 aromatic heterocycles. The van der Waals surface area contributed by atoms with E-state index in [0.29, 0.717) is 6.42 Å². The van der Waals surface area contributed by atoms with Crippen LogP contribution in [-0.4, -0.2) is 13.4 Å². The predicted molar refractivity (Wildman–Crippen MR) is 76.6 cm³/mol. The molecule has 0 saturated carbocycles. The van der Waals surface area contributed by atoms with Crippen LogP contribution in [0.2, 0.25) is 0 Å². The van der Waals surface area contributed by atoms with Crippen molar-refractivity contribution >= 4 is 6.29 Å². The molecule has 2 heteroatoms. The van der Waals surface area contributed by atoms with E-state index in [9.17, 15) is 4.79 Å². The minimum atomic E-state index is 0.243. The van der Waals surface area contributed by atoms with E-state index in [-0.39, 0.29) is 5.92 Å². The molecule has 2 nitrogen and oxygen atoms in total. The highest BCUT2D eigenvalue weighted by molar-refractivity contribution is 5.52. The van der Waals surface area contributed by atoms with Gasteiger partial charge in [-0.1, -0.05) is 42.5 Å². The van der Waals surface area contributed by atoms with Crippen LogP contribution < -0.4 is 4.74 Å². The first-order chi connectivity index (χ1) is 9.33. The minimum absolute atomic E-state index is 0.243. The van der Waals surface area contributed by atoms with Crippen molar-refractivity contribution in [1.29, 1.82) is 0 Å². The van der Waals surface area contributed by atoms with Crippen molar-refractivity contribution in [3.63, 3.8) is 0 Å². The van der Waals surface area contributed by atoms with Gasteiger partial charge in [-0.3, -0.25) is 0 Å². The summed E-state index contributed by atoms with van der Waals surface area (Å²) in [5.41, 5.74) is 2.43. The zero-order chi connectivity index (χ0) is 13.5. The topological polar surface area (TPSA) is 26.3 Å². The molecule has 19 heavy (non-hydrogen) atoms. The molecule has 0 aliphatic rings. The lowest BCUT2D eigenvalue weighted by atomic mass is 9.90. The largest absolute Gasteiger partial charge is 0.497 e. The van der Waals surface area contributed by atoms with Gasteiger partial charge in [0.15, 0.2) is 0 Å². The van der Waals surface area contributed by atoms with Gasteiger partial charge in [-0.15, -0.1) is 0 Å². The molecule has 0 unspecified atom stereocenters. The smallest absolute Gasteiger partial charge is 0.120 e. The summed E-state index contributed by atoms with van der Waals surface area (Å²) >= 11 is 0. The number of hydrogen-bond donors (Lipinski definition) is 0. The Bertz CT molecular complexity index is 503. The first-order valence-electron chi connectivity index (χ1n) is 6.45. The van der Waals surface area contributed by atoms with Crippen LogP contribution in [-0.2, 0) is 11.2 Å². The van der Waals surface area contributed by atoms with Gasteiger partial charge in [0.05, 0.1) is 7.11 Å². The number of aldehydes is 1. The molecular formula is C17H18O2. The molecular weight excluding hydrogens is 236 g/mol. The van der Waals surface area contributed by atoms with E-state index < -0.39 is 0 Å². The number of rotatable bonds is 6. The molecule has 2 rings (SSSR count). The number of benzene rings is 2. The maximum atomic E-state index is 10.9. The number of hydrogen-bond acceptors (Lipinski definition) is 2. The lowest BCUT2D eigenvalue weighted by molar-refractivity contribution is -0.108. The molecule has 98 valence electrons. The van der Waals surface area contributed by atoms with Gasteiger partial charge in [-0.05, 0) is 35.6 Å². The first kappa shape index (κ1) is 13.3. The summed E-state index contributed by atoms with van der Waals surface area (Å²) in [5.74, 6) is 1.10. The molecule has 2 aromatic rings. The highest BCUT2D eigenvalue weighted by Crippen LogP contribution is 2.24. The maximum absolute atomic E-state index is 10.9. The maximum Gasteiger partial charge on any atom is 0.120 e. The van der Waals surface area contributed by atoms with E-state index in [1.807, 2.05) is 30.3 Å². The van der Waals surface area contributed by atoms with E-state index in [1.54, 1.807) is 7.11 Å². The minimum Gasteiger partial charge on any atom is -0.497 e. The van der Waals surface area contributed by atoms with Crippen LogP contribution in [0.5, 0.6) is 5.75 Å². The third-order valence-electron chi connectivity index (χ3n) is 3.29. The number of carbonyl (C=O) groups is 1. The van der Waals surface area contributed by atoms with Gasteiger partial charge in [-0.2, -0.15) is 0 Å². The van der Waals surface area contributed by atoms with Crippen LogP contribution in [0, 0.1) is 0 Å². The van der Waals surface area contributed by atoms with Crippen LogP contribution in [0.3, 0.4) is 0 Å². The third-order valence-corrected chi connectivity index (χ3v) is 3.29. The Labute approximate surface area is 114 Å². The molecule has 0 spiro atoms. The molecule has 0 heterocycles. The fourth-order valence-corrected chi connectivity index (χ4v) is 2.22. The van der Waals surface area contributed by atoms with Gasteiger partial charge >= 0.3 is 0 Å². The highest BCUT2D eigenvalue weighted by Gasteiger charge is 2.11. The lowest BCUT2D eigenvalue weighted by Crippen LogP contribution is -2.03. The van der Waals surface area contributed by atoms with E-state index in [0.717, 1.165) is 18.5 Å². The summed E-state index contributed by atoms with van der Waals surface area (Å²) in [7, 11) is 1.66. The van der Waals surface area contributed by atoms with E-state index in [4.69, 9.17) is 4.74 Å². The van der Waals surface area contributed by atoms with Crippen molar-refractivity contribution in [2.75, 3.05) is 7.11 Å². The van der Waals surface area contributed by atoms with Gasteiger partial charge in [0.1, 0.15) is 12.0 Å². The summed E-state index contributed by atoms with van der Waals surface area (Å²) in [6.07, 6.45) is 2.42. The molecule has 0 amide bonds. The second-order valence-electron chi connectivity index (χ2n) is 4.56. The molecule has 2 aromatic carbocycles. The Morgan fingerprint density at radius 2 is 1.74 bits per heavy atom. The van der Waals surface area contributed by atoms with Crippen LogP contribution >= 0.6 is 0 Å². The van der Waals surface area contributed by atoms with Crippen molar-refractivity contribution in [2.45, 2.75) is 18.8 Å². The molecule has 0 saturated heterocycles. The number of methoxy groups -OCH3 is 1. The summed E-state index contributed by atoms with van der Waals surface area (Å²) in [4.78, 5) is 10.9. The Morgan fingerprint density at radius 3 is 2.32 bits per heavy atom. The summed E-state index contributed by atoms with van der Waals surface area (Å²) in [5, 5.41) is 0. The Balaban J connectivity index is 2.14. The number of carbonyl (C=O) groups excluding carboxylic acids is 1. The third kappa shape index (κ3) is 3.68. The van der Waals surface area contributed by atoms with E-state index in [2.05, 4.69) is 24.3 Å². The number of ether oxygens (including phenoxy) is 1. The van der Waals surface area contributed by atoms with Gasteiger partial charge in [0.25, 0.3) is 0 Å². The first-order valence-corrected chi connectivity index (χ1v) is 6.45. The van der Waals surface area contributed by atoms with Gasteiger partial charge in [0.2, 0.25) is 0 Å². The monoisotopic (exact) mass is 254 g/mol. The second kappa shape index (κ2) is 6.74. The predicted octanol–water partition coefficient (Wildman–Crippen LogP) is 3.61. The van der Waals surface area contributed by atoms with E-state index in [1.165, 1.54) is 11.1 Å². The van der Waals surface area contributed by atoms with Crippen molar-refractivity contribution < 1.29 is 9.53 Å².